The maximum absolute atomic E-state index is 11.0. The Morgan fingerprint density at radius 3 is 2.57 bits per heavy atom. The summed E-state index contributed by atoms with van der Waals surface area (Å²) in [5.74, 6) is 0. The summed E-state index contributed by atoms with van der Waals surface area (Å²) in [5, 5.41) is 1.85. The fourth-order valence-electron chi connectivity index (χ4n) is 1.33. The van der Waals surface area contributed by atoms with Gasteiger partial charge in [-0.3, -0.25) is 4.79 Å². The minimum absolute atomic E-state index is 0.00164. The lowest BCUT2D eigenvalue weighted by molar-refractivity contribution is 1.30. The highest BCUT2D eigenvalue weighted by Crippen LogP contribution is 2.20. The van der Waals surface area contributed by atoms with Gasteiger partial charge in [0.2, 0.25) is 0 Å². The summed E-state index contributed by atoms with van der Waals surface area (Å²) in [6.45, 7) is 4.15. The maximum atomic E-state index is 11.0. The second-order valence-electron chi connectivity index (χ2n) is 3.36. The van der Waals surface area contributed by atoms with Crippen LogP contribution >= 0.6 is 11.3 Å². The van der Waals surface area contributed by atoms with Crippen LogP contribution in [0.25, 0.3) is 11.3 Å². The molecular formula is C11H11NOS. The summed E-state index contributed by atoms with van der Waals surface area (Å²) in [5.41, 5.74) is 4.50. The molecule has 1 heterocycles. The summed E-state index contributed by atoms with van der Waals surface area (Å²) >= 11 is 1.20. The number of hydrogen-bond acceptors (Lipinski definition) is 2. The van der Waals surface area contributed by atoms with Crippen LogP contribution in [-0.4, -0.2) is 4.98 Å². The lowest BCUT2D eigenvalue weighted by Gasteiger charge is -2.02. The molecule has 0 unspecified atom stereocenters. The summed E-state index contributed by atoms with van der Waals surface area (Å²) in [4.78, 5) is 13.8. The topological polar surface area (TPSA) is 32.9 Å². The van der Waals surface area contributed by atoms with Gasteiger partial charge >= 0.3 is 4.87 Å². The van der Waals surface area contributed by atoms with E-state index in [2.05, 4.69) is 31.0 Å². The zero-order valence-corrected chi connectivity index (χ0v) is 8.94. The molecule has 0 saturated carbocycles. The first-order chi connectivity index (χ1) is 6.66. The van der Waals surface area contributed by atoms with E-state index in [0.29, 0.717) is 0 Å². The van der Waals surface area contributed by atoms with Crippen LogP contribution in [0, 0.1) is 13.8 Å². The van der Waals surface area contributed by atoms with Crippen molar-refractivity contribution >= 4 is 11.3 Å². The van der Waals surface area contributed by atoms with E-state index in [-0.39, 0.29) is 4.87 Å². The van der Waals surface area contributed by atoms with Crippen molar-refractivity contribution < 1.29 is 0 Å². The van der Waals surface area contributed by atoms with E-state index in [0.717, 1.165) is 11.3 Å². The van der Waals surface area contributed by atoms with E-state index in [9.17, 15) is 4.79 Å². The van der Waals surface area contributed by atoms with Gasteiger partial charge < -0.3 is 4.98 Å². The van der Waals surface area contributed by atoms with E-state index >= 15 is 0 Å². The number of nitrogens with one attached hydrogen (secondary N) is 1. The predicted molar refractivity (Wildman–Crippen MR) is 59.8 cm³/mol. The molecule has 0 spiro atoms. The van der Waals surface area contributed by atoms with E-state index in [4.69, 9.17) is 0 Å². The molecule has 1 aromatic carbocycles. The lowest BCUT2D eigenvalue weighted by Crippen LogP contribution is -1.92. The number of thiazole rings is 1. The van der Waals surface area contributed by atoms with Gasteiger partial charge in [0.15, 0.2) is 0 Å². The molecule has 14 heavy (non-hydrogen) atoms. The largest absolute Gasteiger partial charge is 0.312 e. The number of aromatic amines is 1. The first kappa shape index (κ1) is 9.21. The average Bonchev–Trinajstić information content (AvgIpc) is 2.57. The van der Waals surface area contributed by atoms with Crippen LogP contribution in [-0.2, 0) is 0 Å². The standard InChI is InChI=1S/C11H11NOS/c1-7-3-4-9(5-8(7)2)10-6-14-11(13)12-10/h3-6H,1-2H3,(H,12,13). The average molecular weight is 205 g/mol. The lowest BCUT2D eigenvalue weighted by atomic mass is 10.1. The third-order valence-corrected chi connectivity index (χ3v) is 3.01. The highest BCUT2D eigenvalue weighted by Gasteiger charge is 2.01. The van der Waals surface area contributed by atoms with E-state index < -0.39 is 0 Å². The molecule has 1 N–H and O–H groups in total. The Labute approximate surface area is 86.2 Å². The van der Waals surface area contributed by atoms with E-state index in [1.165, 1.54) is 22.5 Å². The summed E-state index contributed by atoms with van der Waals surface area (Å²) in [7, 11) is 0. The molecule has 0 bridgehead atoms. The van der Waals surface area contributed by atoms with Crippen molar-refractivity contribution in [3.05, 3.63) is 44.4 Å². The second kappa shape index (κ2) is 3.42. The molecule has 0 amide bonds. The number of aryl methyl sites for hydroxylation is 2. The van der Waals surface area contributed by atoms with Crippen molar-refractivity contribution in [2.24, 2.45) is 0 Å². The van der Waals surface area contributed by atoms with Crippen LogP contribution in [0.15, 0.2) is 28.4 Å². The smallest absolute Gasteiger partial charge is 0.304 e. The molecule has 2 nitrogen and oxygen atoms in total. The number of aromatic nitrogens is 1. The van der Waals surface area contributed by atoms with Crippen molar-refractivity contribution in [3.63, 3.8) is 0 Å². The zero-order valence-electron chi connectivity index (χ0n) is 8.13. The predicted octanol–water partition coefficient (Wildman–Crippen LogP) is 2.72. The number of rotatable bonds is 1. The monoisotopic (exact) mass is 205 g/mol. The van der Waals surface area contributed by atoms with Crippen LogP contribution in [0.2, 0.25) is 0 Å². The van der Waals surface area contributed by atoms with Crippen LogP contribution in [0.4, 0.5) is 0 Å². The molecule has 0 aliphatic heterocycles. The molecule has 2 aromatic rings. The molecule has 1 aromatic heterocycles. The van der Waals surface area contributed by atoms with Gasteiger partial charge in [-0.05, 0) is 36.6 Å². The van der Waals surface area contributed by atoms with Gasteiger partial charge in [0.05, 0.1) is 5.69 Å². The van der Waals surface area contributed by atoms with E-state index in [1.54, 1.807) is 0 Å². The maximum Gasteiger partial charge on any atom is 0.304 e. The van der Waals surface area contributed by atoms with Crippen molar-refractivity contribution in [3.8, 4) is 11.3 Å². The van der Waals surface area contributed by atoms with Crippen LogP contribution in [0.5, 0.6) is 0 Å². The first-order valence-corrected chi connectivity index (χ1v) is 5.30. The van der Waals surface area contributed by atoms with Crippen molar-refractivity contribution in [2.75, 3.05) is 0 Å². The molecule has 0 fully saturated rings. The molecule has 0 saturated heterocycles. The zero-order chi connectivity index (χ0) is 10.1. The molecule has 0 aliphatic carbocycles. The highest BCUT2D eigenvalue weighted by molar-refractivity contribution is 7.07. The van der Waals surface area contributed by atoms with Gasteiger partial charge in [-0.15, -0.1) is 0 Å². The van der Waals surface area contributed by atoms with Gasteiger partial charge in [0.25, 0.3) is 0 Å². The third-order valence-electron chi connectivity index (χ3n) is 2.34. The molecule has 72 valence electrons. The molecule has 2 rings (SSSR count). The quantitative estimate of drug-likeness (QED) is 0.763. The fraction of sp³-hybridized carbons (Fsp3) is 0.182. The van der Waals surface area contributed by atoms with Crippen molar-refractivity contribution in [1.82, 2.24) is 4.98 Å². The third kappa shape index (κ3) is 1.63. The Bertz CT molecular complexity index is 510. The summed E-state index contributed by atoms with van der Waals surface area (Å²) in [6.07, 6.45) is 0. The fourth-order valence-corrected chi connectivity index (χ4v) is 1.92. The molecular weight excluding hydrogens is 194 g/mol. The summed E-state index contributed by atoms with van der Waals surface area (Å²) in [6, 6.07) is 6.19. The second-order valence-corrected chi connectivity index (χ2v) is 4.20. The van der Waals surface area contributed by atoms with E-state index in [1.807, 2.05) is 11.4 Å². The van der Waals surface area contributed by atoms with Gasteiger partial charge in [0, 0.05) is 5.38 Å². The molecule has 0 aliphatic rings. The van der Waals surface area contributed by atoms with Crippen LogP contribution in [0.1, 0.15) is 11.1 Å². The van der Waals surface area contributed by atoms with Crippen molar-refractivity contribution in [2.45, 2.75) is 13.8 Å². The normalized spacial score (nSPS) is 10.4. The number of hydrogen-bond donors (Lipinski definition) is 1. The Balaban J connectivity index is 2.52. The SMILES string of the molecule is Cc1ccc(-c2csc(=O)[nH]2)cc1C. The molecule has 0 atom stereocenters. The van der Waals surface area contributed by atoms with Crippen molar-refractivity contribution in [1.29, 1.82) is 0 Å². The Kier molecular flexibility index (Phi) is 2.25. The highest BCUT2D eigenvalue weighted by atomic mass is 32.1. The van der Waals surface area contributed by atoms with Crippen LogP contribution < -0.4 is 4.87 Å². The van der Waals surface area contributed by atoms with Gasteiger partial charge in [-0.1, -0.05) is 23.5 Å². The Hall–Kier alpha value is -1.35. The van der Waals surface area contributed by atoms with Gasteiger partial charge in [-0.2, -0.15) is 0 Å². The van der Waals surface area contributed by atoms with Crippen LogP contribution in [0.3, 0.4) is 0 Å². The summed E-state index contributed by atoms with van der Waals surface area (Å²) < 4.78 is 0. The first-order valence-electron chi connectivity index (χ1n) is 4.42. The molecule has 0 radical (unpaired) electrons. The number of benzene rings is 1. The number of H-pyrrole nitrogens is 1. The minimum Gasteiger partial charge on any atom is -0.312 e. The van der Waals surface area contributed by atoms with Gasteiger partial charge in [-0.25, -0.2) is 0 Å². The Morgan fingerprint density at radius 2 is 2.00 bits per heavy atom. The molecule has 3 heteroatoms. The Morgan fingerprint density at radius 1 is 1.21 bits per heavy atom. The minimum atomic E-state index is -0.00164. The van der Waals surface area contributed by atoms with Gasteiger partial charge in [0.1, 0.15) is 0 Å².